The molecule has 0 spiro atoms. The number of aryl methyl sites for hydroxylation is 2. The van der Waals surface area contributed by atoms with Crippen LogP contribution < -0.4 is 5.32 Å². The number of hydrogen-bond donors (Lipinski definition) is 1. The van der Waals surface area contributed by atoms with Crippen LogP contribution in [-0.4, -0.2) is 17.0 Å². The number of hydrogen-bond acceptors (Lipinski definition) is 1. The van der Waals surface area contributed by atoms with Crippen molar-refractivity contribution in [3.63, 3.8) is 0 Å². The van der Waals surface area contributed by atoms with Crippen LogP contribution in [-0.2, 0) is 11.2 Å². The van der Waals surface area contributed by atoms with E-state index in [4.69, 9.17) is 0 Å². The van der Waals surface area contributed by atoms with Crippen molar-refractivity contribution in [3.05, 3.63) is 95.8 Å². The highest BCUT2D eigenvalue weighted by molar-refractivity contribution is 5.76. The van der Waals surface area contributed by atoms with Gasteiger partial charge in [0.15, 0.2) is 0 Å². The maximum Gasteiger partial charge on any atom is 0.222 e. The zero-order chi connectivity index (χ0) is 18.2. The summed E-state index contributed by atoms with van der Waals surface area (Å²) >= 11 is 0. The lowest BCUT2D eigenvalue weighted by molar-refractivity contribution is -0.121. The van der Waals surface area contributed by atoms with E-state index in [1.165, 1.54) is 16.7 Å². The molecule has 1 N–H and O–H groups in total. The Bertz CT molecular complexity index is 809. The van der Waals surface area contributed by atoms with E-state index in [1.54, 1.807) is 0 Å². The number of amides is 1. The standard InChI is InChI=1S/C23H26N2O/c1-19-9-7-13-21(17-19)22(25-15-5-6-16-25)18-23(26)24-14-8-12-20-10-3-2-4-11-20/h2-7,9-11,13,15-17,22H,8,12,14,18H2,1H3,(H,24,26). The number of aromatic nitrogens is 1. The highest BCUT2D eigenvalue weighted by Gasteiger charge is 2.17. The molecule has 0 saturated carbocycles. The molecule has 0 radical (unpaired) electrons. The van der Waals surface area contributed by atoms with Gasteiger partial charge in [-0.25, -0.2) is 0 Å². The van der Waals surface area contributed by atoms with Crippen molar-refractivity contribution in [1.29, 1.82) is 0 Å². The molecule has 0 aliphatic rings. The van der Waals surface area contributed by atoms with Crippen LogP contribution >= 0.6 is 0 Å². The highest BCUT2D eigenvalue weighted by atomic mass is 16.1. The Balaban J connectivity index is 1.56. The zero-order valence-electron chi connectivity index (χ0n) is 15.3. The summed E-state index contributed by atoms with van der Waals surface area (Å²) in [4.78, 5) is 12.5. The molecule has 0 bridgehead atoms. The van der Waals surface area contributed by atoms with Gasteiger partial charge in [0.2, 0.25) is 5.91 Å². The van der Waals surface area contributed by atoms with E-state index in [2.05, 4.69) is 65.3 Å². The molecule has 3 nitrogen and oxygen atoms in total. The van der Waals surface area contributed by atoms with Crippen molar-refractivity contribution < 1.29 is 4.79 Å². The molecule has 0 saturated heterocycles. The Hall–Kier alpha value is -2.81. The minimum Gasteiger partial charge on any atom is -0.356 e. The van der Waals surface area contributed by atoms with Crippen LogP contribution in [0.2, 0.25) is 0 Å². The van der Waals surface area contributed by atoms with Crippen molar-refractivity contribution >= 4 is 5.91 Å². The Morgan fingerprint density at radius 3 is 2.50 bits per heavy atom. The molecule has 134 valence electrons. The SMILES string of the molecule is Cc1cccc(C(CC(=O)NCCCc2ccccc2)n2cccc2)c1. The van der Waals surface area contributed by atoms with Crippen LogP contribution in [0.5, 0.6) is 0 Å². The van der Waals surface area contributed by atoms with Gasteiger partial charge in [0.05, 0.1) is 12.5 Å². The molecule has 0 aliphatic carbocycles. The van der Waals surface area contributed by atoms with Gasteiger partial charge in [-0.1, -0.05) is 60.2 Å². The van der Waals surface area contributed by atoms with Gasteiger partial charge in [-0.2, -0.15) is 0 Å². The Morgan fingerprint density at radius 2 is 1.77 bits per heavy atom. The Kier molecular flexibility index (Phi) is 6.26. The number of carbonyl (C=O) groups excluding carboxylic acids is 1. The third-order valence-electron chi connectivity index (χ3n) is 4.60. The molecule has 1 aromatic heterocycles. The lowest BCUT2D eigenvalue weighted by Gasteiger charge is -2.20. The lowest BCUT2D eigenvalue weighted by Crippen LogP contribution is -2.28. The highest BCUT2D eigenvalue weighted by Crippen LogP contribution is 2.23. The molecule has 0 fully saturated rings. The smallest absolute Gasteiger partial charge is 0.222 e. The summed E-state index contributed by atoms with van der Waals surface area (Å²) in [5, 5.41) is 3.08. The average molecular weight is 346 g/mol. The van der Waals surface area contributed by atoms with E-state index in [0.29, 0.717) is 13.0 Å². The van der Waals surface area contributed by atoms with E-state index in [1.807, 2.05) is 30.6 Å². The molecular formula is C23H26N2O. The Labute approximate surface area is 155 Å². The van der Waals surface area contributed by atoms with Crippen LogP contribution in [0.1, 0.15) is 35.6 Å². The van der Waals surface area contributed by atoms with Crippen LogP contribution in [0.15, 0.2) is 79.1 Å². The van der Waals surface area contributed by atoms with Crippen molar-refractivity contribution in [1.82, 2.24) is 9.88 Å². The molecule has 1 amide bonds. The fourth-order valence-corrected chi connectivity index (χ4v) is 3.24. The number of rotatable bonds is 8. The molecule has 26 heavy (non-hydrogen) atoms. The quantitative estimate of drug-likeness (QED) is 0.598. The van der Waals surface area contributed by atoms with Crippen molar-refractivity contribution in [2.75, 3.05) is 6.54 Å². The number of nitrogens with zero attached hydrogens (tertiary/aromatic N) is 1. The summed E-state index contributed by atoms with van der Waals surface area (Å²) in [5.74, 6) is 0.0956. The van der Waals surface area contributed by atoms with Gasteiger partial charge in [-0.3, -0.25) is 4.79 Å². The van der Waals surface area contributed by atoms with Gasteiger partial charge in [-0.05, 0) is 43.0 Å². The molecule has 3 aromatic rings. The van der Waals surface area contributed by atoms with E-state index < -0.39 is 0 Å². The minimum absolute atomic E-state index is 0.0269. The summed E-state index contributed by atoms with van der Waals surface area (Å²) in [7, 11) is 0. The fraction of sp³-hybridized carbons (Fsp3) is 0.261. The average Bonchev–Trinajstić information content (AvgIpc) is 3.18. The number of nitrogens with one attached hydrogen (secondary N) is 1. The third kappa shape index (κ3) is 5.09. The Morgan fingerprint density at radius 1 is 1.00 bits per heavy atom. The summed E-state index contributed by atoms with van der Waals surface area (Å²) in [6, 6.07) is 22.8. The summed E-state index contributed by atoms with van der Waals surface area (Å²) in [6.07, 6.45) is 6.43. The monoisotopic (exact) mass is 346 g/mol. The maximum absolute atomic E-state index is 12.5. The number of carbonyl (C=O) groups is 1. The van der Waals surface area contributed by atoms with Crippen LogP contribution in [0.3, 0.4) is 0 Å². The normalized spacial score (nSPS) is 11.9. The first-order valence-corrected chi connectivity index (χ1v) is 9.22. The van der Waals surface area contributed by atoms with Crippen LogP contribution in [0, 0.1) is 6.92 Å². The summed E-state index contributed by atoms with van der Waals surface area (Å²) in [5.41, 5.74) is 3.69. The van der Waals surface area contributed by atoms with E-state index in [9.17, 15) is 4.79 Å². The van der Waals surface area contributed by atoms with E-state index in [0.717, 1.165) is 12.8 Å². The van der Waals surface area contributed by atoms with Gasteiger partial charge in [0.1, 0.15) is 0 Å². The second-order valence-electron chi connectivity index (χ2n) is 6.70. The van der Waals surface area contributed by atoms with Crippen molar-refractivity contribution in [2.45, 2.75) is 32.2 Å². The topological polar surface area (TPSA) is 34.0 Å². The first kappa shape index (κ1) is 18.0. The van der Waals surface area contributed by atoms with Gasteiger partial charge >= 0.3 is 0 Å². The largest absolute Gasteiger partial charge is 0.356 e. The van der Waals surface area contributed by atoms with Crippen LogP contribution in [0.25, 0.3) is 0 Å². The number of benzene rings is 2. The van der Waals surface area contributed by atoms with Crippen molar-refractivity contribution in [2.24, 2.45) is 0 Å². The maximum atomic E-state index is 12.5. The summed E-state index contributed by atoms with van der Waals surface area (Å²) in [6.45, 7) is 2.79. The van der Waals surface area contributed by atoms with Gasteiger partial charge in [-0.15, -0.1) is 0 Å². The fourth-order valence-electron chi connectivity index (χ4n) is 3.24. The minimum atomic E-state index is 0.0269. The molecule has 3 rings (SSSR count). The molecule has 1 unspecified atom stereocenters. The predicted octanol–water partition coefficient (Wildman–Crippen LogP) is 4.53. The second-order valence-corrected chi connectivity index (χ2v) is 6.70. The second kappa shape index (κ2) is 9.04. The van der Waals surface area contributed by atoms with Gasteiger partial charge in [0.25, 0.3) is 0 Å². The third-order valence-corrected chi connectivity index (χ3v) is 4.60. The predicted molar refractivity (Wildman–Crippen MR) is 106 cm³/mol. The molecule has 1 atom stereocenters. The molecule has 0 aliphatic heterocycles. The molecule has 2 aromatic carbocycles. The van der Waals surface area contributed by atoms with E-state index >= 15 is 0 Å². The van der Waals surface area contributed by atoms with Crippen molar-refractivity contribution in [3.8, 4) is 0 Å². The molecule has 1 heterocycles. The zero-order valence-corrected chi connectivity index (χ0v) is 15.3. The van der Waals surface area contributed by atoms with Crippen LogP contribution in [0.4, 0.5) is 0 Å². The first-order chi connectivity index (χ1) is 12.7. The molecular weight excluding hydrogens is 320 g/mol. The first-order valence-electron chi connectivity index (χ1n) is 9.22. The lowest BCUT2D eigenvalue weighted by atomic mass is 10.0. The van der Waals surface area contributed by atoms with Gasteiger partial charge in [0, 0.05) is 18.9 Å². The van der Waals surface area contributed by atoms with Gasteiger partial charge < -0.3 is 9.88 Å². The summed E-state index contributed by atoms with van der Waals surface area (Å²) < 4.78 is 2.11. The molecule has 3 heteroatoms. The van der Waals surface area contributed by atoms with E-state index in [-0.39, 0.29) is 11.9 Å².